The fourth-order valence-corrected chi connectivity index (χ4v) is 4.98. The molecule has 0 unspecified atom stereocenters. The Hall–Kier alpha value is -2.03. The molecule has 142 valence electrons. The Kier molecular flexibility index (Phi) is 5.38. The van der Waals surface area contributed by atoms with Gasteiger partial charge in [0.05, 0.1) is 0 Å². The van der Waals surface area contributed by atoms with Gasteiger partial charge in [-0.05, 0) is 85.1 Å². The van der Waals surface area contributed by atoms with Crippen LogP contribution in [0.25, 0.3) is 11.1 Å². The summed E-state index contributed by atoms with van der Waals surface area (Å²) < 4.78 is 26.6. The molecule has 0 atom stereocenters. The van der Waals surface area contributed by atoms with Gasteiger partial charge in [0.2, 0.25) is 0 Å². The van der Waals surface area contributed by atoms with Gasteiger partial charge < -0.3 is 0 Å². The smallest absolute Gasteiger partial charge is 0.159 e. The van der Waals surface area contributed by atoms with E-state index in [4.69, 9.17) is 0 Å². The van der Waals surface area contributed by atoms with Crippen molar-refractivity contribution in [1.82, 2.24) is 0 Å². The van der Waals surface area contributed by atoms with Crippen molar-refractivity contribution in [2.24, 2.45) is 11.8 Å². The molecule has 27 heavy (non-hydrogen) atoms. The Morgan fingerprint density at radius 1 is 0.667 bits per heavy atom. The van der Waals surface area contributed by atoms with Crippen LogP contribution in [-0.4, -0.2) is 5.78 Å². The van der Waals surface area contributed by atoms with E-state index in [-0.39, 0.29) is 0 Å². The largest absolute Gasteiger partial charge is 0.300 e. The second-order valence-electron chi connectivity index (χ2n) is 8.24. The van der Waals surface area contributed by atoms with Crippen LogP contribution < -0.4 is 0 Å². The molecular formula is C24H26F2O. The van der Waals surface area contributed by atoms with E-state index in [0.29, 0.717) is 17.3 Å². The Labute approximate surface area is 159 Å². The van der Waals surface area contributed by atoms with E-state index in [0.717, 1.165) is 43.1 Å². The second-order valence-corrected chi connectivity index (χ2v) is 8.24. The van der Waals surface area contributed by atoms with Gasteiger partial charge in [0.15, 0.2) is 11.6 Å². The second kappa shape index (κ2) is 7.92. The maximum atomic E-state index is 13.5. The molecule has 0 bridgehead atoms. The number of carbonyl (C=O) groups is 1. The lowest BCUT2D eigenvalue weighted by Gasteiger charge is -2.35. The first-order chi connectivity index (χ1) is 13.1. The molecule has 2 aromatic rings. The first kappa shape index (κ1) is 18.3. The number of rotatable bonds is 3. The van der Waals surface area contributed by atoms with Gasteiger partial charge in [-0.2, -0.15) is 0 Å². The fourth-order valence-electron chi connectivity index (χ4n) is 4.98. The molecule has 0 radical (unpaired) electrons. The van der Waals surface area contributed by atoms with Gasteiger partial charge in [-0.3, -0.25) is 4.79 Å². The number of benzene rings is 2. The highest BCUT2D eigenvalue weighted by molar-refractivity contribution is 5.79. The van der Waals surface area contributed by atoms with Crippen LogP contribution in [0.1, 0.15) is 62.8 Å². The van der Waals surface area contributed by atoms with Crippen molar-refractivity contribution in [3.05, 3.63) is 59.7 Å². The molecule has 0 saturated heterocycles. The Bertz CT molecular complexity index is 794. The highest BCUT2D eigenvalue weighted by Crippen LogP contribution is 2.42. The minimum Gasteiger partial charge on any atom is -0.300 e. The van der Waals surface area contributed by atoms with Crippen molar-refractivity contribution >= 4 is 5.78 Å². The molecule has 2 aromatic carbocycles. The maximum absolute atomic E-state index is 13.5. The van der Waals surface area contributed by atoms with Gasteiger partial charge in [-0.15, -0.1) is 0 Å². The summed E-state index contributed by atoms with van der Waals surface area (Å²) in [5.41, 5.74) is 2.97. The Balaban J connectivity index is 1.37. The first-order valence-electron chi connectivity index (χ1n) is 10.2. The van der Waals surface area contributed by atoms with E-state index in [2.05, 4.69) is 12.1 Å². The van der Waals surface area contributed by atoms with E-state index in [1.54, 1.807) is 6.07 Å². The van der Waals surface area contributed by atoms with Gasteiger partial charge >= 0.3 is 0 Å². The van der Waals surface area contributed by atoms with E-state index in [9.17, 15) is 13.6 Å². The number of hydrogen-bond acceptors (Lipinski definition) is 1. The molecule has 0 aromatic heterocycles. The minimum atomic E-state index is -0.811. The van der Waals surface area contributed by atoms with Gasteiger partial charge in [-0.1, -0.05) is 30.3 Å². The van der Waals surface area contributed by atoms with Crippen LogP contribution in [0.3, 0.4) is 0 Å². The average molecular weight is 368 g/mol. The predicted molar refractivity (Wildman–Crippen MR) is 103 cm³/mol. The van der Waals surface area contributed by atoms with Crippen LogP contribution >= 0.6 is 0 Å². The zero-order valence-corrected chi connectivity index (χ0v) is 15.6. The summed E-state index contributed by atoms with van der Waals surface area (Å²) in [6.45, 7) is 0. The zero-order valence-electron chi connectivity index (χ0n) is 15.6. The van der Waals surface area contributed by atoms with Crippen molar-refractivity contribution in [2.45, 2.75) is 57.3 Å². The Morgan fingerprint density at radius 2 is 1.26 bits per heavy atom. The van der Waals surface area contributed by atoms with E-state index < -0.39 is 11.6 Å². The molecule has 1 nitrogen and oxygen atoms in total. The molecule has 2 aliphatic rings. The highest BCUT2D eigenvalue weighted by atomic mass is 19.2. The lowest BCUT2D eigenvalue weighted by atomic mass is 9.70. The monoisotopic (exact) mass is 368 g/mol. The first-order valence-corrected chi connectivity index (χ1v) is 10.2. The van der Waals surface area contributed by atoms with Crippen molar-refractivity contribution in [2.75, 3.05) is 0 Å². The molecule has 0 spiro atoms. The third-order valence-corrected chi connectivity index (χ3v) is 6.66. The predicted octanol–water partition coefficient (Wildman–Crippen LogP) is 6.66. The lowest BCUT2D eigenvalue weighted by Crippen LogP contribution is -2.25. The molecule has 0 heterocycles. The third-order valence-electron chi connectivity index (χ3n) is 6.66. The maximum Gasteiger partial charge on any atom is 0.159 e. The molecule has 0 amide bonds. The quantitative estimate of drug-likeness (QED) is 0.592. The van der Waals surface area contributed by atoms with Gasteiger partial charge in [0.25, 0.3) is 0 Å². The summed E-state index contributed by atoms with van der Waals surface area (Å²) in [6.07, 6.45) is 8.70. The molecule has 2 aliphatic carbocycles. The molecule has 2 saturated carbocycles. The summed E-state index contributed by atoms with van der Waals surface area (Å²) in [5.74, 6) is 0.954. The fraction of sp³-hybridized carbons (Fsp3) is 0.458. The summed E-state index contributed by atoms with van der Waals surface area (Å²) >= 11 is 0. The number of hydrogen-bond donors (Lipinski definition) is 0. The summed E-state index contributed by atoms with van der Waals surface area (Å²) in [7, 11) is 0. The van der Waals surface area contributed by atoms with Gasteiger partial charge in [-0.25, -0.2) is 8.78 Å². The summed E-state index contributed by atoms with van der Waals surface area (Å²) in [6, 6.07) is 12.4. The van der Waals surface area contributed by atoms with Crippen molar-refractivity contribution in [3.63, 3.8) is 0 Å². The van der Waals surface area contributed by atoms with Crippen LogP contribution in [0.2, 0.25) is 0 Å². The summed E-state index contributed by atoms with van der Waals surface area (Å²) in [4.78, 5) is 11.5. The molecule has 2 fully saturated rings. The molecule has 0 aliphatic heterocycles. The van der Waals surface area contributed by atoms with Gasteiger partial charge in [0.1, 0.15) is 5.78 Å². The van der Waals surface area contributed by atoms with Crippen LogP contribution in [0.5, 0.6) is 0 Å². The van der Waals surface area contributed by atoms with Crippen molar-refractivity contribution in [3.8, 4) is 11.1 Å². The van der Waals surface area contributed by atoms with E-state index in [1.807, 2.05) is 12.1 Å². The molecular weight excluding hydrogens is 342 g/mol. The van der Waals surface area contributed by atoms with Crippen molar-refractivity contribution in [1.29, 1.82) is 0 Å². The van der Waals surface area contributed by atoms with Crippen LogP contribution in [0.15, 0.2) is 42.5 Å². The number of halogens is 2. The third kappa shape index (κ3) is 4.12. The van der Waals surface area contributed by atoms with Crippen LogP contribution in [0.4, 0.5) is 8.78 Å². The van der Waals surface area contributed by atoms with Crippen LogP contribution in [0, 0.1) is 23.5 Å². The standard InChI is InChI=1S/C24H26F2O/c25-23-14-11-21(15-24(23)26)20-7-5-17(6-8-20)16-1-3-18(4-2-16)19-9-12-22(27)13-10-19/h5-8,11,14-16,18-19H,1-4,9-10,12-13H2/t16-,18-. The number of carbonyl (C=O) groups excluding carboxylic acids is 1. The lowest BCUT2D eigenvalue weighted by molar-refractivity contribution is -0.121. The summed E-state index contributed by atoms with van der Waals surface area (Å²) in [5, 5.41) is 0. The SMILES string of the molecule is O=C1CCC([C@H]2CC[C@H](c3ccc(-c4ccc(F)c(F)c4)cc3)CC2)CC1. The normalized spacial score (nSPS) is 24.1. The topological polar surface area (TPSA) is 17.1 Å². The molecule has 4 rings (SSSR count). The van der Waals surface area contributed by atoms with Gasteiger partial charge in [0, 0.05) is 12.8 Å². The Morgan fingerprint density at radius 3 is 1.89 bits per heavy atom. The number of ketones is 1. The van der Waals surface area contributed by atoms with Crippen LogP contribution in [-0.2, 0) is 4.79 Å². The molecule has 3 heteroatoms. The van der Waals surface area contributed by atoms with E-state index >= 15 is 0 Å². The molecule has 0 N–H and O–H groups in total. The highest BCUT2D eigenvalue weighted by Gasteiger charge is 2.30. The minimum absolute atomic E-state index is 0.445. The zero-order chi connectivity index (χ0) is 18.8. The van der Waals surface area contributed by atoms with Crippen molar-refractivity contribution < 1.29 is 13.6 Å². The van der Waals surface area contributed by atoms with E-state index in [1.165, 1.54) is 43.4 Å². The average Bonchev–Trinajstić information content (AvgIpc) is 2.71. The number of Topliss-reactive ketones (excluding diaryl/α,β-unsaturated/α-hetero) is 1.